The van der Waals surface area contributed by atoms with Crippen LogP contribution in [-0.4, -0.2) is 4.57 Å². The highest BCUT2D eigenvalue weighted by Gasteiger charge is 2.39. The molecule has 12 rings (SSSR count). The van der Waals surface area contributed by atoms with Crippen molar-refractivity contribution in [2.75, 3.05) is 4.90 Å². The second-order valence-electron chi connectivity index (χ2n) is 18.1. The van der Waals surface area contributed by atoms with E-state index in [1.165, 1.54) is 71.9 Å². The summed E-state index contributed by atoms with van der Waals surface area (Å²) in [5.74, 6) is 0. The highest BCUT2D eigenvalue weighted by molar-refractivity contribution is 6.10. The lowest BCUT2D eigenvalue weighted by Crippen LogP contribution is -2.31. The third kappa shape index (κ3) is 6.25. The minimum atomic E-state index is -0.543. The average molecular weight is 845 g/mol. The van der Waals surface area contributed by atoms with E-state index in [-0.39, 0.29) is 5.41 Å². The molecule has 0 N–H and O–H groups in total. The molecule has 1 heterocycles. The Morgan fingerprint density at radius 2 is 0.864 bits per heavy atom. The number of para-hydroxylation sites is 2. The summed E-state index contributed by atoms with van der Waals surface area (Å²) in [6.45, 7) is 4.70. The number of rotatable bonds is 9. The average Bonchev–Trinajstić information content (AvgIpc) is 3.83. The van der Waals surface area contributed by atoms with E-state index in [0.29, 0.717) is 0 Å². The molecular weight excluding hydrogens is 797 g/mol. The molecule has 2 heteroatoms. The van der Waals surface area contributed by atoms with E-state index in [4.69, 9.17) is 0 Å². The molecule has 66 heavy (non-hydrogen) atoms. The molecule has 11 aromatic rings. The SMILES string of the molecule is CC1(C)c2ccccc2-c2cc(N(c3ccc(C(c4ccccc4)(c4ccccc4)c4ccccc4)cc3)c3cccc(-c4ccc5c(c4)c4ccccc4n5-c4ccccc4)c3)ccc21. The van der Waals surface area contributed by atoms with Crippen molar-refractivity contribution in [3.8, 4) is 27.9 Å². The largest absolute Gasteiger partial charge is 0.310 e. The number of hydrogen-bond donors (Lipinski definition) is 0. The molecule has 2 nitrogen and oxygen atoms in total. The first kappa shape index (κ1) is 39.4. The van der Waals surface area contributed by atoms with Gasteiger partial charge in [0.1, 0.15) is 0 Å². The minimum absolute atomic E-state index is 0.0885. The van der Waals surface area contributed by atoms with Crippen molar-refractivity contribution in [2.24, 2.45) is 0 Å². The van der Waals surface area contributed by atoms with Crippen LogP contribution in [0.3, 0.4) is 0 Å². The molecule has 0 bridgehead atoms. The second kappa shape index (κ2) is 15.8. The van der Waals surface area contributed by atoms with E-state index in [9.17, 15) is 0 Å². The van der Waals surface area contributed by atoms with Crippen molar-refractivity contribution < 1.29 is 0 Å². The van der Waals surface area contributed by atoms with Gasteiger partial charge in [0.15, 0.2) is 0 Å². The molecule has 0 unspecified atom stereocenters. The fourth-order valence-corrected chi connectivity index (χ4v) is 11.1. The number of benzene rings is 10. The van der Waals surface area contributed by atoms with E-state index in [0.717, 1.165) is 28.3 Å². The van der Waals surface area contributed by atoms with Crippen molar-refractivity contribution in [3.05, 3.63) is 288 Å². The Bertz CT molecular complexity index is 3440. The molecule has 0 aliphatic heterocycles. The van der Waals surface area contributed by atoms with Gasteiger partial charge in [0, 0.05) is 38.9 Å². The van der Waals surface area contributed by atoms with Crippen molar-refractivity contribution in [1.29, 1.82) is 0 Å². The Morgan fingerprint density at radius 1 is 0.348 bits per heavy atom. The van der Waals surface area contributed by atoms with E-state index in [1.807, 2.05) is 0 Å². The Hall–Kier alpha value is -8.20. The van der Waals surface area contributed by atoms with Crippen LogP contribution in [0, 0.1) is 0 Å². The maximum Gasteiger partial charge on any atom is 0.0701 e. The zero-order valence-corrected chi connectivity index (χ0v) is 37.1. The molecule has 314 valence electrons. The predicted octanol–water partition coefficient (Wildman–Crippen LogP) is 16.6. The molecular formula is C64H48N2. The van der Waals surface area contributed by atoms with E-state index >= 15 is 0 Å². The third-order valence-electron chi connectivity index (χ3n) is 14.1. The number of nitrogens with zero attached hydrogens (tertiary/aromatic N) is 2. The van der Waals surface area contributed by atoms with Crippen LogP contribution in [0.15, 0.2) is 255 Å². The summed E-state index contributed by atoms with van der Waals surface area (Å²) in [5.41, 5.74) is 18.8. The van der Waals surface area contributed by atoms with E-state index in [2.05, 4.69) is 278 Å². The van der Waals surface area contributed by atoms with Crippen molar-refractivity contribution in [3.63, 3.8) is 0 Å². The lowest BCUT2D eigenvalue weighted by atomic mass is 9.65. The van der Waals surface area contributed by atoms with Crippen molar-refractivity contribution in [1.82, 2.24) is 4.57 Å². The highest BCUT2D eigenvalue weighted by Crippen LogP contribution is 2.51. The van der Waals surface area contributed by atoms with Gasteiger partial charge in [0.05, 0.1) is 16.4 Å². The summed E-state index contributed by atoms with van der Waals surface area (Å²) in [6.07, 6.45) is 0. The Balaban J connectivity index is 1.03. The first-order valence-electron chi connectivity index (χ1n) is 23.0. The van der Waals surface area contributed by atoms with Gasteiger partial charge in [0.2, 0.25) is 0 Å². The van der Waals surface area contributed by atoms with Crippen LogP contribution in [0.4, 0.5) is 17.1 Å². The lowest BCUT2D eigenvalue weighted by Gasteiger charge is -2.37. The van der Waals surface area contributed by atoms with Crippen LogP contribution in [0.5, 0.6) is 0 Å². The Morgan fingerprint density at radius 3 is 1.55 bits per heavy atom. The predicted molar refractivity (Wildman–Crippen MR) is 277 cm³/mol. The van der Waals surface area contributed by atoms with Gasteiger partial charge in [-0.05, 0) is 122 Å². The molecule has 0 amide bonds. The maximum atomic E-state index is 2.44. The highest BCUT2D eigenvalue weighted by atomic mass is 15.1. The van der Waals surface area contributed by atoms with Gasteiger partial charge >= 0.3 is 0 Å². The minimum Gasteiger partial charge on any atom is -0.310 e. The molecule has 0 fully saturated rings. The summed E-state index contributed by atoms with van der Waals surface area (Å²) >= 11 is 0. The van der Waals surface area contributed by atoms with Crippen LogP contribution in [0.2, 0.25) is 0 Å². The van der Waals surface area contributed by atoms with Crippen LogP contribution in [0.1, 0.15) is 47.2 Å². The van der Waals surface area contributed by atoms with E-state index in [1.54, 1.807) is 0 Å². The third-order valence-corrected chi connectivity index (χ3v) is 14.1. The van der Waals surface area contributed by atoms with Crippen LogP contribution in [0.25, 0.3) is 49.7 Å². The summed E-state index contributed by atoms with van der Waals surface area (Å²) in [7, 11) is 0. The molecule has 0 saturated heterocycles. The quantitative estimate of drug-likeness (QED) is 0.131. The standard InChI is InChI=1S/C64H48N2/c1-63(2)59-32-17-15-30-55(59)57-44-54(39-40-60(57)63)65(52-37-35-50(36-38-52)64(47-21-7-3-8-22-47,48-23-9-4-10-24-48)49-25-11-5-12-26-49)53-29-19-20-45(42-53)46-34-41-62-58(43-46)56-31-16-18-33-61(56)66(62)51-27-13-6-14-28-51/h3-44H,1-2H3. The van der Waals surface area contributed by atoms with Gasteiger partial charge in [-0.1, -0.05) is 202 Å². The molecule has 0 radical (unpaired) electrons. The number of aromatic nitrogens is 1. The number of fused-ring (bicyclic) bond motifs is 6. The maximum absolute atomic E-state index is 2.44. The van der Waals surface area contributed by atoms with Gasteiger partial charge in [-0.3, -0.25) is 0 Å². The molecule has 1 aromatic heterocycles. The molecule has 0 saturated carbocycles. The van der Waals surface area contributed by atoms with Crippen LogP contribution in [-0.2, 0) is 10.8 Å². The second-order valence-corrected chi connectivity index (χ2v) is 18.1. The fraction of sp³-hybridized carbons (Fsp3) is 0.0625. The first-order valence-corrected chi connectivity index (χ1v) is 23.0. The lowest BCUT2D eigenvalue weighted by molar-refractivity contribution is 0.660. The molecule has 10 aromatic carbocycles. The molecule has 1 aliphatic rings. The number of hydrogen-bond acceptors (Lipinski definition) is 1. The van der Waals surface area contributed by atoms with Crippen LogP contribution < -0.4 is 4.90 Å². The topological polar surface area (TPSA) is 8.17 Å². The summed E-state index contributed by atoms with van der Waals surface area (Å²) in [4.78, 5) is 2.44. The van der Waals surface area contributed by atoms with Crippen molar-refractivity contribution >= 4 is 38.9 Å². The summed E-state index contributed by atoms with van der Waals surface area (Å²) < 4.78 is 2.38. The van der Waals surface area contributed by atoms with Gasteiger partial charge < -0.3 is 9.47 Å². The monoisotopic (exact) mass is 844 g/mol. The summed E-state index contributed by atoms with van der Waals surface area (Å²) in [5, 5.41) is 2.48. The summed E-state index contributed by atoms with van der Waals surface area (Å²) in [6, 6.07) is 93.7. The molecule has 0 atom stereocenters. The van der Waals surface area contributed by atoms with Gasteiger partial charge in [0.25, 0.3) is 0 Å². The fourth-order valence-electron chi connectivity index (χ4n) is 11.1. The normalized spacial score (nSPS) is 12.8. The first-order chi connectivity index (χ1) is 32.5. The Labute approximate surface area is 387 Å². The zero-order valence-electron chi connectivity index (χ0n) is 37.1. The van der Waals surface area contributed by atoms with E-state index < -0.39 is 5.41 Å². The zero-order chi connectivity index (χ0) is 44.2. The smallest absolute Gasteiger partial charge is 0.0701 e. The van der Waals surface area contributed by atoms with Gasteiger partial charge in [-0.2, -0.15) is 0 Å². The molecule has 0 spiro atoms. The number of anilines is 3. The van der Waals surface area contributed by atoms with Crippen molar-refractivity contribution in [2.45, 2.75) is 24.7 Å². The molecule has 1 aliphatic carbocycles. The Kier molecular flexibility index (Phi) is 9.43. The van der Waals surface area contributed by atoms with Crippen LogP contribution >= 0.6 is 0 Å². The van der Waals surface area contributed by atoms with Gasteiger partial charge in [-0.15, -0.1) is 0 Å². The van der Waals surface area contributed by atoms with Gasteiger partial charge in [-0.25, -0.2) is 0 Å².